The second kappa shape index (κ2) is 7.68. The van der Waals surface area contributed by atoms with Crippen molar-refractivity contribution in [3.8, 4) is 5.75 Å². The third-order valence-electron chi connectivity index (χ3n) is 1.92. The summed E-state index contributed by atoms with van der Waals surface area (Å²) >= 11 is 0. The van der Waals surface area contributed by atoms with Crippen LogP contribution in [0, 0.1) is 10.3 Å². The molecule has 1 aromatic rings. The summed E-state index contributed by atoms with van der Waals surface area (Å²) < 4.78 is 5.19. The Hall–Kier alpha value is -2.84. The standard InChI is InChI=1S/C12H17N3O2.H2NO3/c1-12(2,3)10(16)17-9-6-4-8(5-7-9)15-11(13)14;2-1(3)4/h4-7H,1-3H3,(H4,13,14,15);(H2,2,3,4)/q;+1. The summed E-state index contributed by atoms with van der Waals surface area (Å²) in [6.45, 7) is 5.38. The van der Waals surface area contributed by atoms with Crippen LogP contribution in [0.2, 0.25) is 0 Å². The molecule has 0 spiro atoms. The van der Waals surface area contributed by atoms with E-state index in [2.05, 4.69) is 4.99 Å². The zero-order valence-electron chi connectivity index (χ0n) is 12.0. The zero-order chi connectivity index (χ0) is 16.6. The van der Waals surface area contributed by atoms with Gasteiger partial charge in [-0.25, -0.2) is 15.4 Å². The largest absolute Gasteiger partial charge is 0.472 e. The molecule has 116 valence electrons. The van der Waals surface area contributed by atoms with Crippen molar-refractivity contribution in [2.75, 3.05) is 0 Å². The number of carbonyl (C=O) groups excluding carboxylic acids is 1. The molecule has 0 aromatic heterocycles. The lowest BCUT2D eigenvalue weighted by atomic mass is 9.97. The van der Waals surface area contributed by atoms with Crippen LogP contribution in [0.1, 0.15) is 20.8 Å². The molecule has 0 unspecified atom stereocenters. The predicted molar refractivity (Wildman–Crippen MR) is 74.2 cm³/mol. The highest BCUT2D eigenvalue weighted by Crippen LogP contribution is 2.21. The Kier molecular flexibility index (Phi) is 6.64. The Bertz CT molecular complexity index is 511. The number of nitrogens with two attached hydrogens (primary N) is 2. The Morgan fingerprint density at radius 3 is 1.95 bits per heavy atom. The first-order valence-electron chi connectivity index (χ1n) is 5.79. The van der Waals surface area contributed by atoms with Crippen LogP contribution in [0.5, 0.6) is 5.75 Å². The minimum absolute atomic E-state index is 0.00978. The summed E-state index contributed by atoms with van der Waals surface area (Å²) in [6.07, 6.45) is 0. The van der Waals surface area contributed by atoms with E-state index in [0.717, 1.165) is 0 Å². The number of carbonyl (C=O) groups is 1. The van der Waals surface area contributed by atoms with Gasteiger partial charge in [0, 0.05) is 0 Å². The van der Waals surface area contributed by atoms with Crippen LogP contribution in [0.4, 0.5) is 5.69 Å². The number of guanidine groups is 1. The summed E-state index contributed by atoms with van der Waals surface area (Å²) in [6, 6.07) is 6.63. The topological polar surface area (TPSA) is 151 Å². The van der Waals surface area contributed by atoms with Gasteiger partial charge in [0.05, 0.1) is 11.1 Å². The van der Waals surface area contributed by atoms with Gasteiger partial charge in [-0.15, -0.1) is 0 Å². The van der Waals surface area contributed by atoms with E-state index in [1.54, 1.807) is 45.0 Å². The van der Waals surface area contributed by atoms with E-state index < -0.39 is 10.5 Å². The molecule has 1 rings (SSSR count). The SMILES string of the molecule is CC(C)(C)C(=O)Oc1ccc(N=C(N)N)cc1.O=[N+](O)O. The molecule has 0 aliphatic carbocycles. The number of rotatable bonds is 2. The second-order valence-electron chi connectivity index (χ2n) is 4.92. The molecule has 0 heterocycles. The number of ether oxygens (including phenoxy) is 1. The highest BCUT2D eigenvalue weighted by molar-refractivity contribution is 5.79. The van der Waals surface area contributed by atoms with E-state index in [9.17, 15) is 4.79 Å². The molecular weight excluding hydrogens is 280 g/mol. The van der Waals surface area contributed by atoms with E-state index in [0.29, 0.717) is 11.4 Å². The van der Waals surface area contributed by atoms with E-state index in [1.165, 1.54) is 0 Å². The molecule has 0 amide bonds. The minimum atomic E-state index is -1.25. The quantitative estimate of drug-likeness (QED) is 0.210. The first-order valence-corrected chi connectivity index (χ1v) is 5.79. The second-order valence-corrected chi connectivity index (χ2v) is 4.92. The minimum Gasteiger partial charge on any atom is -0.426 e. The van der Waals surface area contributed by atoms with Gasteiger partial charge in [-0.05, 0) is 45.0 Å². The maximum absolute atomic E-state index is 11.6. The lowest BCUT2D eigenvalue weighted by molar-refractivity contribution is -0.969. The van der Waals surface area contributed by atoms with Gasteiger partial charge in [0.1, 0.15) is 10.7 Å². The zero-order valence-corrected chi connectivity index (χ0v) is 12.0. The summed E-state index contributed by atoms with van der Waals surface area (Å²) in [4.78, 5) is 23.9. The molecule has 0 saturated carbocycles. The number of nitrogens with zero attached hydrogens (tertiary/aromatic N) is 2. The number of hydrogen-bond acceptors (Lipinski definition) is 4. The number of benzene rings is 1. The molecule has 0 fully saturated rings. The molecule has 0 aliphatic heterocycles. The van der Waals surface area contributed by atoms with Crippen LogP contribution in [0.25, 0.3) is 0 Å². The van der Waals surface area contributed by atoms with Crippen molar-refractivity contribution in [3.63, 3.8) is 0 Å². The molecule has 6 N–H and O–H groups in total. The fraction of sp³-hybridized carbons (Fsp3) is 0.333. The first kappa shape index (κ1) is 18.2. The van der Waals surface area contributed by atoms with Crippen LogP contribution >= 0.6 is 0 Å². The molecule has 0 saturated heterocycles. The molecule has 9 heteroatoms. The molecular formula is C12H19N4O5+. The lowest BCUT2D eigenvalue weighted by Gasteiger charge is -2.16. The average Bonchev–Trinajstić information content (AvgIpc) is 2.29. The molecule has 9 nitrogen and oxygen atoms in total. The Morgan fingerprint density at radius 1 is 1.19 bits per heavy atom. The average molecular weight is 299 g/mol. The summed E-state index contributed by atoms with van der Waals surface area (Å²) in [5, 5.41) is 12.5. The van der Waals surface area contributed by atoms with Crippen molar-refractivity contribution >= 4 is 17.6 Å². The first-order chi connectivity index (χ1) is 9.52. The van der Waals surface area contributed by atoms with Crippen LogP contribution < -0.4 is 16.2 Å². The molecule has 0 atom stereocenters. The normalized spacial score (nSPS) is 9.86. The van der Waals surface area contributed by atoms with Crippen LogP contribution in [-0.4, -0.2) is 27.4 Å². The van der Waals surface area contributed by atoms with Gasteiger partial charge in [-0.3, -0.25) is 4.79 Å². The maximum atomic E-state index is 11.6. The van der Waals surface area contributed by atoms with Gasteiger partial charge in [-0.1, -0.05) is 0 Å². The molecule has 1 aromatic carbocycles. The Morgan fingerprint density at radius 2 is 1.62 bits per heavy atom. The summed E-state index contributed by atoms with van der Waals surface area (Å²) in [5.74, 6) is 0.177. The van der Waals surface area contributed by atoms with Crippen LogP contribution in [0.3, 0.4) is 0 Å². The number of hydrogen-bond donors (Lipinski definition) is 4. The fourth-order valence-corrected chi connectivity index (χ4v) is 0.998. The van der Waals surface area contributed by atoms with Gasteiger partial charge >= 0.3 is 11.1 Å². The van der Waals surface area contributed by atoms with Gasteiger partial charge in [0.15, 0.2) is 5.96 Å². The van der Waals surface area contributed by atoms with Crippen molar-refractivity contribution in [3.05, 3.63) is 29.2 Å². The molecule has 0 aliphatic rings. The van der Waals surface area contributed by atoms with E-state index in [4.69, 9.17) is 31.5 Å². The lowest BCUT2D eigenvalue weighted by Crippen LogP contribution is -2.25. The molecule has 21 heavy (non-hydrogen) atoms. The van der Waals surface area contributed by atoms with Gasteiger partial charge in [0.2, 0.25) is 0 Å². The summed E-state index contributed by atoms with van der Waals surface area (Å²) in [7, 11) is 0. The summed E-state index contributed by atoms with van der Waals surface area (Å²) in [5.41, 5.74) is 10.6. The van der Waals surface area contributed by atoms with Gasteiger partial charge in [0.25, 0.3) is 0 Å². The van der Waals surface area contributed by atoms with Crippen molar-refractivity contribution in [2.24, 2.45) is 21.9 Å². The number of aliphatic imine (C=N–C) groups is 1. The monoisotopic (exact) mass is 299 g/mol. The van der Waals surface area contributed by atoms with Crippen molar-refractivity contribution < 1.29 is 25.0 Å². The van der Waals surface area contributed by atoms with E-state index in [-0.39, 0.29) is 11.9 Å². The fourth-order valence-electron chi connectivity index (χ4n) is 0.998. The van der Waals surface area contributed by atoms with E-state index in [1.807, 2.05) is 0 Å². The van der Waals surface area contributed by atoms with Crippen molar-refractivity contribution in [1.29, 1.82) is 0 Å². The van der Waals surface area contributed by atoms with Gasteiger partial charge < -0.3 is 16.2 Å². The maximum Gasteiger partial charge on any atom is 0.472 e. The third-order valence-corrected chi connectivity index (χ3v) is 1.92. The highest BCUT2D eigenvalue weighted by Gasteiger charge is 2.23. The molecule has 0 radical (unpaired) electrons. The van der Waals surface area contributed by atoms with Crippen molar-refractivity contribution in [2.45, 2.75) is 20.8 Å². The number of esters is 1. The smallest absolute Gasteiger partial charge is 0.426 e. The third kappa shape index (κ3) is 8.81. The van der Waals surface area contributed by atoms with Gasteiger partial charge in [-0.2, -0.15) is 0 Å². The van der Waals surface area contributed by atoms with Crippen LogP contribution in [0.15, 0.2) is 29.3 Å². The Labute approximate surface area is 121 Å². The van der Waals surface area contributed by atoms with Crippen molar-refractivity contribution in [1.82, 2.24) is 0 Å². The highest BCUT2D eigenvalue weighted by atomic mass is 16.9. The van der Waals surface area contributed by atoms with E-state index >= 15 is 0 Å². The van der Waals surface area contributed by atoms with Crippen LogP contribution in [-0.2, 0) is 4.79 Å². The predicted octanol–water partition coefficient (Wildman–Crippen LogP) is 1.09. The Balaban J connectivity index is 0.000000885. The molecule has 0 bridgehead atoms.